The summed E-state index contributed by atoms with van der Waals surface area (Å²) in [6, 6.07) is 5.43. The van der Waals surface area contributed by atoms with Crippen molar-refractivity contribution in [3.05, 3.63) is 36.2 Å². The molecule has 0 bridgehead atoms. The van der Waals surface area contributed by atoms with Gasteiger partial charge in [-0.15, -0.1) is 0 Å². The van der Waals surface area contributed by atoms with Gasteiger partial charge < -0.3 is 0 Å². The quantitative estimate of drug-likeness (QED) is 0.558. The van der Waals surface area contributed by atoms with Crippen LogP contribution in [0.1, 0.15) is 0 Å². The van der Waals surface area contributed by atoms with Crippen molar-refractivity contribution >= 4 is 11.0 Å². The van der Waals surface area contributed by atoms with Gasteiger partial charge in [0.05, 0.1) is 0 Å². The molecule has 4 heteroatoms. The summed E-state index contributed by atoms with van der Waals surface area (Å²) in [6.45, 7) is 0. The van der Waals surface area contributed by atoms with Crippen molar-refractivity contribution in [2.24, 2.45) is 0 Å². The van der Waals surface area contributed by atoms with Gasteiger partial charge in [0.2, 0.25) is 11.9 Å². The van der Waals surface area contributed by atoms with Crippen LogP contribution in [-0.4, -0.2) is 9.97 Å². The molecule has 0 saturated heterocycles. The minimum Gasteiger partial charge on any atom is -0.200 e. The fraction of sp³-hybridized carbons (Fsp3) is 0. The van der Waals surface area contributed by atoms with E-state index in [-0.39, 0.29) is 5.65 Å². The smallest absolute Gasteiger partial charge is 0.200 e. The van der Waals surface area contributed by atoms with E-state index in [2.05, 4.69) is 9.97 Å². The number of hydrogen-bond donors (Lipinski definition) is 0. The number of halogens is 2. The number of rotatable bonds is 0. The summed E-state index contributed by atoms with van der Waals surface area (Å²) >= 11 is 0. The zero-order valence-corrected chi connectivity index (χ0v) is 5.96. The Balaban J connectivity index is 2.80. The minimum absolute atomic E-state index is 0.0926. The van der Waals surface area contributed by atoms with Gasteiger partial charge in [0.1, 0.15) is 0 Å². The Hall–Kier alpha value is -1.58. The van der Waals surface area contributed by atoms with E-state index in [1.165, 1.54) is 24.3 Å². The Morgan fingerprint density at radius 1 is 0.833 bits per heavy atom. The van der Waals surface area contributed by atoms with Crippen molar-refractivity contribution in [1.29, 1.82) is 0 Å². The molecular formula is C8H4F2N2. The summed E-state index contributed by atoms with van der Waals surface area (Å²) in [5.41, 5.74) is 0.0926. The molecule has 0 aromatic carbocycles. The molecule has 2 nitrogen and oxygen atoms in total. The second-order valence-corrected chi connectivity index (χ2v) is 2.31. The van der Waals surface area contributed by atoms with Gasteiger partial charge in [-0.05, 0) is 24.3 Å². The monoisotopic (exact) mass is 166 g/mol. The predicted molar refractivity (Wildman–Crippen MR) is 39.5 cm³/mol. The van der Waals surface area contributed by atoms with Gasteiger partial charge in [0.25, 0.3) is 0 Å². The van der Waals surface area contributed by atoms with Crippen LogP contribution in [0.3, 0.4) is 0 Å². The summed E-state index contributed by atoms with van der Waals surface area (Å²) in [5.74, 6) is -1.30. The van der Waals surface area contributed by atoms with Gasteiger partial charge in [-0.25, -0.2) is 0 Å². The third-order valence-electron chi connectivity index (χ3n) is 1.48. The molecule has 2 aromatic rings. The maximum absolute atomic E-state index is 12.5. The van der Waals surface area contributed by atoms with Crippen LogP contribution in [0.5, 0.6) is 0 Å². The number of fused-ring (bicyclic) bond motifs is 1. The molecule has 60 valence electrons. The van der Waals surface area contributed by atoms with Gasteiger partial charge in [-0.2, -0.15) is 18.7 Å². The summed E-state index contributed by atoms with van der Waals surface area (Å²) in [6.07, 6.45) is 0. The number of nitrogens with zero attached hydrogens (tertiary/aromatic N) is 2. The average molecular weight is 166 g/mol. The van der Waals surface area contributed by atoms with Gasteiger partial charge in [-0.1, -0.05) is 0 Å². The Labute approximate surface area is 66.9 Å². The van der Waals surface area contributed by atoms with Crippen LogP contribution in [0.25, 0.3) is 11.0 Å². The molecule has 0 unspecified atom stereocenters. The van der Waals surface area contributed by atoms with Crippen molar-refractivity contribution in [2.75, 3.05) is 0 Å². The van der Waals surface area contributed by atoms with Crippen molar-refractivity contribution in [3.63, 3.8) is 0 Å². The summed E-state index contributed by atoms with van der Waals surface area (Å²) < 4.78 is 25.0. The predicted octanol–water partition coefficient (Wildman–Crippen LogP) is 1.91. The first-order valence-corrected chi connectivity index (χ1v) is 3.34. The van der Waals surface area contributed by atoms with Crippen LogP contribution < -0.4 is 0 Å². The van der Waals surface area contributed by atoms with Crippen LogP contribution in [0.15, 0.2) is 24.3 Å². The van der Waals surface area contributed by atoms with Crippen molar-refractivity contribution in [2.45, 2.75) is 0 Å². The fourth-order valence-corrected chi connectivity index (χ4v) is 0.953. The molecule has 0 atom stereocenters. The third-order valence-corrected chi connectivity index (χ3v) is 1.48. The van der Waals surface area contributed by atoms with E-state index in [0.717, 1.165) is 0 Å². The van der Waals surface area contributed by atoms with Crippen LogP contribution >= 0.6 is 0 Å². The molecule has 2 heterocycles. The minimum atomic E-state index is -0.652. The van der Waals surface area contributed by atoms with E-state index in [1.807, 2.05) is 0 Å². The average Bonchev–Trinajstić information content (AvgIpc) is 2.03. The maximum atomic E-state index is 12.5. The molecule has 0 N–H and O–H groups in total. The summed E-state index contributed by atoms with van der Waals surface area (Å²) in [4.78, 5) is 6.84. The Morgan fingerprint density at radius 2 is 1.33 bits per heavy atom. The van der Waals surface area contributed by atoms with Gasteiger partial charge in [0.15, 0.2) is 5.65 Å². The number of pyridine rings is 2. The molecule has 0 aliphatic rings. The Bertz CT molecular complexity index is 392. The Morgan fingerprint density at radius 3 is 1.83 bits per heavy atom. The van der Waals surface area contributed by atoms with Crippen LogP contribution in [0.4, 0.5) is 8.78 Å². The van der Waals surface area contributed by atoms with E-state index >= 15 is 0 Å². The van der Waals surface area contributed by atoms with E-state index < -0.39 is 11.9 Å². The lowest BCUT2D eigenvalue weighted by atomic mass is 10.3. The molecule has 0 aliphatic heterocycles. The number of aromatic nitrogens is 2. The highest BCUT2D eigenvalue weighted by Gasteiger charge is 1.99. The lowest BCUT2D eigenvalue weighted by Crippen LogP contribution is -1.89. The number of hydrogen-bond acceptors (Lipinski definition) is 2. The van der Waals surface area contributed by atoms with Gasteiger partial charge >= 0.3 is 0 Å². The second-order valence-electron chi connectivity index (χ2n) is 2.31. The first-order chi connectivity index (χ1) is 5.75. The Kier molecular flexibility index (Phi) is 1.46. The lowest BCUT2D eigenvalue weighted by molar-refractivity contribution is 0.575. The van der Waals surface area contributed by atoms with Gasteiger partial charge in [-0.3, -0.25) is 0 Å². The molecule has 0 saturated carbocycles. The van der Waals surface area contributed by atoms with Crippen molar-refractivity contribution < 1.29 is 8.78 Å². The third kappa shape index (κ3) is 1.11. The van der Waals surface area contributed by atoms with Crippen LogP contribution in [0.2, 0.25) is 0 Å². The first-order valence-electron chi connectivity index (χ1n) is 3.34. The second kappa shape index (κ2) is 2.48. The van der Waals surface area contributed by atoms with Crippen LogP contribution in [0, 0.1) is 11.9 Å². The topological polar surface area (TPSA) is 25.8 Å². The van der Waals surface area contributed by atoms with E-state index in [4.69, 9.17) is 0 Å². The van der Waals surface area contributed by atoms with Gasteiger partial charge in [0, 0.05) is 5.39 Å². The summed E-state index contributed by atoms with van der Waals surface area (Å²) in [5, 5.41) is 0.623. The highest BCUT2D eigenvalue weighted by molar-refractivity contribution is 5.73. The highest BCUT2D eigenvalue weighted by atomic mass is 19.1. The SMILES string of the molecule is Fc1ccc2ccc(F)nc2n1. The largest absolute Gasteiger partial charge is 0.214 e. The molecule has 0 fully saturated rings. The lowest BCUT2D eigenvalue weighted by Gasteiger charge is -1.94. The standard InChI is InChI=1S/C8H4F2N2/c9-6-3-1-5-2-4-7(10)12-8(5)11-6/h1-4H. The maximum Gasteiger partial charge on any atom is 0.214 e. The molecule has 0 spiro atoms. The van der Waals surface area contributed by atoms with Crippen LogP contribution in [-0.2, 0) is 0 Å². The zero-order chi connectivity index (χ0) is 8.55. The first kappa shape index (κ1) is 7.09. The fourth-order valence-electron chi connectivity index (χ4n) is 0.953. The van der Waals surface area contributed by atoms with E-state index in [9.17, 15) is 8.78 Å². The normalized spacial score (nSPS) is 10.5. The van der Waals surface area contributed by atoms with E-state index in [0.29, 0.717) is 5.39 Å². The highest BCUT2D eigenvalue weighted by Crippen LogP contribution is 2.09. The van der Waals surface area contributed by atoms with Crippen molar-refractivity contribution in [1.82, 2.24) is 9.97 Å². The molecule has 2 aromatic heterocycles. The molecule has 12 heavy (non-hydrogen) atoms. The molecule has 2 rings (SSSR count). The molecule has 0 radical (unpaired) electrons. The summed E-state index contributed by atoms with van der Waals surface area (Å²) in [7, 11) is 0. The molecule has 0 amide bonds. The zero-order valence-electron chi connectivity index (χ0n) is 5.96. The van der Waals surface area contributed by atoms with Crippen molar-refractivity contribution in [3.8, 4) is 0 Å². The molecule has 0 aliphatic carbocycles. The van der Waals surface area contributed by atoms with E-state index in [1.54, 1.807) is 0 Å². The molecular weight excluding hydrogens is 162 g/mol.